The van der Waals surface area contributed by atoms with E-state index in [1.54, 1.807) is 30.3 Å². The quantitative estimate of drug-likeness (QED) is 0.489. The molecule has 3 rings (SSSR count). The van der Waals surface area contributed by atoms with Gasteiger partial charge in [0.25, 0.3) is 0 Å². The topological polar surface area (TPSA) is 110 Å². The summed E-state index contributed by atoms with van der Waals surface area (Å²) in [5.74, 6) is -1.10. The number of methoxy groups -OCH3 is 6. The number of phenols is 1. The number of phenolic OH excluding ortho intramolecular Hbond substituents is 1. The summed E-state index contributed by atoms with van der Waals surface area (Å²) in [6, 6.07) is 8.41. The Labute approximate surface area is 196 Å². The Bertz CT molecular complexity index is 1250. The Morgan fingerprint density at radius 3 is 2.00 bits per heavy atom. The second-order valence-electron chi connectivity index (χ2n) is 7.14. The van der Waals surface area contributed by atoms with Crippen molar-refractivity contribution in [2.75, 3.05) is 42.7 Å². The van der Waals surface area contributed by atoms with Crippen molar-refractivity contribution in [3.8, 4) is 34.1 Å². The van der Waals surface area contributed by atoms with E-state index in [-0.39, 0.29) is 28.7 Å². The SMILES string of the molecule is COCc1cc(OC)cc(OC)c1-c1c(C(=O)OC)c(C(=O)OC)c(O)c2c(OC)cccc12. The number of hydrogen-bond acceptors (Lipinski definition) is 9. The van der Waals surface area contributed by atoms with E-state index in [1.807, 2.05) is 0 Å². The van der Waals surface area contributed by atoms with Gasteiger partial charge in [-0.25, -0.2) is 9.59 Å². The zero-order chi connectivity index (χ0) is 25.0. The van der Waals surface area contributed by atoms with Crippen molar-refractivity contribution in [2.24, 2.45) is 0 Å². The minimum absolute atomic E-state index is 0.128. The first kappa shape index (κ1) is 24.7. The summed E-state index contributed by atoms with van der Waals surface area (Å²) >= 11 is 0. The van der Waals surface area contributed by atoms with E-state index in [2.05, 4.69) is 0 Å². The van der Waals surface area contributed by atoms with E-state index < -0.39 is 17.7 Å². The van der Waals surface area contributed by atoms with Gasteiger partial charge in [-0.05, 0) is 23.1 Å². The lowest BCUT2D eigenvalue weighted by atomic mass is 9.85. The molecular weight excluding hydrogens is 444 g/mol. The Hall–Kier alpha value is -3.98. The number of fused-ring (bicyclic) bond motifs is 1. The minimum atomic E-state index is -0.923. The van der Waals surface area contributed by atoms with Crippen LogP contribution in [0.5, 0.6) is 23.0 Å². The highest BCUT2D eigenvalue weighted by Crippen LogP contribution is 2.49. The average Bonchev–Trinajstić information content (AvgIpc) is 2.87. The molecule has 0 fully saturated rings. The van der Waals surface area contributed by atoms with E-state index in [4.69, 9.17) is 28.4 Å². The van der Waals surface area contributed by atoms with Crippen LogP contribution in [0.2, 0.25) is 0 Å². The maximum Gasteiger partial charge on any atom is 0.342 e. The number of ether oxygens (including phenoxy) is 6. The van der Waals surface area contributed by atoms with Crippen molar-refractivity contribution in [2.45, 2.75) is 6.61 Å². The molecule has 0 atom stereocenters. The molecule has 180 valence electrons. The third-order valence-electron chi connectivity index (χ3n) is 5.43. The Morgan fingerprint density at radius 2 is 1.44 bits per heavy atom. The summed E-state index contributed by atoms with van der Waals surface area (Å²) in [5, 5.41) is 11.8. The molecule has 0 aromatic heterocycles. The molecular formula is C25H26O9. The highest BCUT2D eigenvalue weighted by atomic mass is 16.5. The van der Waals surface area contributed by atoms with Gasteiger partial charge in [0.15, 0.2) is 0 Å². The molecule has 34 heavy (non-hydrogen) atoms. The molecule has 0 aliphatic carbocycles. The molecule has 0 saturated heterocycles. The van der Waals surface area contributed by atoms with Gasteiger partial charge in [-0.3, -0.25) is 0 Å². The largest absolute Gasteiger partial charge is 0.506 e. The van der Waals surface area contributed by atoms with Gasteiger partial charge in [-0.1, -0.05) is 12.1 Å². The first-order valence-electron chi connectivity index (χ1n) is 10.1. The molecule has 0 radical (unpaired) electrons. The first-order chi connectivity index (χ1) is 16.4. The summed E-state index contributed by atoms with van der Waals surface area (Å²) in [5.41, 5.74) is 0.796. The molecule has 0 aliphatic heterocycles. The fourth-order valence-electron chi connectivity index (χ4n) is 4.00. The number of rotatable bonds is 8. The number of carbonyl (C=O) groups excluding carboxylic acids is 2. The van der Waals surface area contributed by atoms with Crippen LogP contribution in [0, 0.1) is 0 Å². The van der Waals surface area contributed by atoms with Gasteiger partial charge in [0.05, 0.1) is 53.1 Å². The van der Waals surface area contributed by atoms with Crippen LogP contribution in [0.3, 0.4) is 0 Å². The van der Waals surface area contributed by atoms with Crippen LogP contribution in [0.15, 0.2) is 30.3 Å². The summed E-state index contributed by atoms with van der Waals surface area (Å²) in [4.78, 5) is 26.0. The summed E-state index contributed by atoms with van der Waals surface area (Å²) in [7, 11) is 8.28. The second-order valence-corrected chi connectivity index (χ2v) is 7.14. The molecule has 0 saturated carbocycles. The van der Waals surface area contributed by atoms with Crippen molar-refractivity contribution >= 4 is 22.7 Å². The predicted octanol–water partition coefficient (Wildman–Crippen LogP) is 3.96. The van der Waals surface area contributed by atoms with Crippen LogP contribution in [0.25, 0.3) is 21.9 Å². The smallest absolute Gasteiger partial charge is 0.342 e. The summed E-state index contributed by atoms with van der Waals surface area (Å²) in [6.45, 7) is 0.128. The standard InChI is InChI=1S/C25H26O9/c1-29-12-13-10-14(30-2)11-17(32-4)18(13)20-15-8-7-9-16(31-3)19(15)23(26)22(25(28)34-6)21(20)24(27)33-5/h7-11,26H,12H2,1-6H3. The summed E-state index contributed by atoms with van der Waals surface area (Å²) < 4.78 is 31.9. The molecule has 0 amide bonds. The monoisotopic (exact) mass is 470 g/mol. The highest BCUT2D eigenvalue weighted by molar-refractivity contribution is 6.20. The second kappa shape index (κ2) is 10.3. The van der Waals surface area contributed by atoms with Crippen molar-refractivity contribution < 1.29 is 43.1 Å². The van der Waals surface area contributed by atoms with E-state index in [0.29, 0.717) is 33.8 Å². The fraction of sp³-hybridized carbons (Fsp3) is 0.280. The van der Waals surface area contributed by atoms with Crippen molar-refractivity contribution in [1.82, 2.24) is 0 Å². The molecule has 1 N–H and O–H groups in total. The van der Waals surface area contributed by atoms with Gasteiger partial charge < -0.3 is 33.5 Å². The molecule has 9 heteroatoms. The lowest BCUT2D eigenvalue weighted by Crippen LogP contribution is -2.15. The first-order valence-corrected chi connectivity index (χ1v) is 10.1. The normalized spacial score (nSPS) is 10.6. The van der Waals surface area contributed by atoms with Gasteiger partial charge in [0.1, 0.15) is 28.6 Å². The number of esters is 2. The van der Waals surface area contributed by atoms with Crippen molar-refractivity contribution in [1.29, 1.82) is 0 Å². The molecule has 0 heterocycles. The zero-order valence-electron chi connectivity index (χ0n) is 19.8. The van der Waals surface area contributed by atoms with Gasteiger partial charge in [-0.2, -0.15) is 0 Å². The van der Waals surface area contributed by atoms with Crippen LogP contribution in [0.1, 0.15) is 26.3 Å². The Balaban J connectivity index is 2.70. The number of aromatic hydroxyl groups is 1. The molecule has 0 aliphatic rings. The molecule has 3 aromatic rings. The van der Waals surface area contributed by atoms with Crippen LogP contribution < -0.4 is 14.2 Å². The van der Waals surface area contributed by atoms with Gasteiger partial charge in [0, 0.05) is 24.3 Å². The highest BCUT2D eigenvalue weighted by Gasteiger charge is 2.33. The Kier molecular flexibility index (Phi) is 7.47. The molecule has 9 nitrogen and oxygen atoms in total. The van der Waals surface area contributed by atoms with Gasteiger partial charge >= 0.3 is 11.9 Å². The maximum atomic E-state index is 13.1. The van der Waals surface area contributed by atoms with Crippen LogP contribution in [-0.4, -0.2) is 59.7 Å². The lowest BCUT2D eigenvalue weighted by molar-refractivity contribution is 0.0553. The van der Waals surface area contributed by atoms with Crippen LogP contribution in [0.4, 0.5) is 0 Å². The van der Waals surface area contributed by atoms with Crippen LogP contribution >= 0.6 is 0 Å². The van der Waals surface area contributed by atoms with Crippen molar-refractivity contribution in [3.05, 3.63) is 47.0 Å². The van der Waals surface area contributed by atoms with Crippen LogP contribution in [-0.2, 0) is 20.8 Å². The van der Waals surface area contributed by atoms with E-state index in [1.165, 1.54) is 35.5 Å². The Morgan fingerprint density at radius 1 is 0.794 bits per heavy atom. The third kappa shape index (κ3) is 4.06. The lowest BCUT2D eigenvalue weighted by Gasteiger charge is -2.22. The van der Waals surface area contributed by atoms with Gasteiger partial charge in [0.2, 0.25) is 0 Å². The molecule has 3 aromatic carbocycles. The number of carbonyl (C=O) groups is 2. The maximum absolute atomic E-state index is 13.1. The van der Waals surface area contributed by atoms with Gasteiger partial charge in [-0.15, -0.1) is 0 Å². The summed E-state index contributed by atoms with van der Waals surface area (Å²) in [6.07, 6.45) is 0. The minimum Gasteiger partial charge on any atom is -0.506 e. The third-order valence-corrected chi connectivity index (χ3v) is 5.43. The van der Waals surface area contributed by atoms with Crippen molar-refractivity contribution in [3.63, 3.8) is 0 Å². The van der Waals surface area contributed by atoms with E-state index in [9.17, 15) is 14.7 Å². The zero-order valence-corrected chi connectivity index (χ0v) is 19.8. The molecule has 0 unspecified atom stereocenters. The van der Waals surface area contributed by atoms with E-state index in [0.717, 1.165) is 7.11 Å². The molecule has 0 spiro atoms. The predicted molar refractivity (Wildman–Crippen MR) is 124 cm³/mol. The number of benzene rings is 3. The molecule has 0 bridgehead atoms. The number of hydrogen-bond donors (Lipinski definition) is 1. The average molecular weight is 470 g/mol. The van der Waals surface area contributed by atoms with E-state index >= 15 is 0 Å². The fourth-order valence-corrected chi connectivity index (χ4v) is 4.00.